The quantitative estimate of drug-likeness (QED) is 0.780. The molecule has 0 spiro atoms. The molecule has 0 bridgehead atoms. The molecule has 0 radical (unpaired) electrons. The van der Waals surface area contributed by atoms with Crippen molar-refractivity contribution in [3.63, 3.8) is 0 Å². The molecule has 0 aromatic carbocycles. The highest BCUT2D eigenvalue weighted by Gasteiger charge is 2.16. The third-order valence-corrected chi connectivity index (χ3v) is 2.84. The molecule has 3 nitrogen and oxygen atoms in total. The van der Waals surface area contributed by atoms with Gasteiger partial charge >= 0.3 is 0 Å². The van der Waals surface area contributed by atoms with Crippen LogP contribution in [-0.2, 0) is 0 Å². The summed E-state index contributed by atoms with van der Waals surface area (Å²) in [7, 11) is 0. The van der Waals surface area contributed by atoms with E-state index in [0.29, 0.717) is 12.1 Å². The summed E-state index contributed by atoms with van der Waals surface area (Å²) in [5.74, 6) is 0. The summed E-state index contributed by atoms with van der Waals surface area (Å²) in [6.45, 7) is 9.76. The van der Waals surface area contributed by atoms with Crippen molar-refractivity contribution in [3.05, 3.63) is 18.0 Å². The van der Waals surface area contributed by atoms with Crippen LogP contribution in [0.15, 0.2) is 12.3 Å². The topological polar surface area (TPSA) is 29.9 Å². The molecule has 2 unspecified atom stereocenters. The van der Waals surface area contributed by atoms with Crippen LogP contribution in [0.5, 0.6) is 0 Å². The Balaban J connectivity index is 2.59. The lowest BCUT2D eigenvalue weighted by atomic mass is 10.1. The molecule has 86 valence electrons. The number of nitrogens with one attached hydrogen (secondary N) is 1. The Bertz CT molecular complexity index is 280. The average Bonchev–Trinajstić information content (AvgIpc) is 2.65. The van der Waals surface area contributed by atoms with Crippen LogP contribution in [-0.4, -0.2) is 22.4 Å². The number of nitrogens with zero attached hydrogens (tertiary/aromatic N) is 2. The number of aromatic nitrogens is 2. The lowest BCUT2D eigenvalue weighted by Gasteiger charge is -2.24. The second-order valence-electron chi connectivity index (χ2n) is 4.15. The van der Waals surface area contributed by atoms with E-state index in [1.807, 2.05) is 6.92 Å². The van der Waals surface area contributed by atoms with Gasteiger partial charge in [0.15, 0.2) is 0 Å². The van der Waals surface area contributed by atoms with E-state index in [4.69, 9.17) is 0 Å². The van der Waals surface area contributed by atoms with Gasteiger partial charge < -0.3 is 5.32 Å². The Hall–Kier alpha value is -0.830. The van der Waals surface area contributed by atoms with E-state index < -0.39 is 0 Å². The lowest BCUT2D eigenvalue weighted by molar-refractivity contribution is 0.338. The van der Waals surface area contributed by atoms with Gasteiger partial charge in [0.1, 0.15) is 0 Å². The van der Waals surface area contributed by atoms with Gasteiger partial charge in [-0.3, -0.25) is 4.68 Å². The maximum absolute atomic E-state index is 4.46. The van der Waals surface area contributed by atoms with Gasteiger partial charge in [0.25, 0.3) is 0 Å². The summed E-state index contributed by atoms with van der Waals surface area (Å²) in [6.07, 6.45) is 4.39. The van der Waals surface area contributed by atoms with Crippen molar-refractivity contribution < 1.29 is 0 Å². The van der Waals surface area contributed by atoms with Crippen molar-refractivity contribution in [1.82, 2.24) is 15.1 Å². The number of hydrogen-bond donors (Lipinski definition) is 1. The van der Waals surface area contributed by atoms with Crippen LogP contribution in [0.1, 0.15) is 45.3 Å². The lowest BCUT2D eigenvalue weighted by Crippen LogP contribution is -2.36. The minimum absolute atomic E-state index is 0.426. The number of rotatable bonds is 6. The van der Waals surface area contributed by atoms with Crippen LogP contribution in [0, 0.1) is 6.92 Å². The number of hydrogen-bond acceptors (Lipinski definition) is 2. The van der Waals surface area contributed by atoms with Gasteiger partial charge in [0, 0.05) is 12.2 Å². The largest absolute Gasteiger partial charge is 0.312 e. The van der Waals surface area contributed by atoms with E-state index in [2.05, 4.69) is 48.1 Å². The highest BCUT2D eigenvalue weighted by atomic mass is 15.3. The zero-order valence-corrected chi connectivity index (χ0v) is 10.3. The summed E-state index contributed by atoms with van der Waals surface area (Å²) in [5.41, 5.74) is 1.09. The molecule has 0 amide bonds. The van der Waals surface area contributed by atoms with E-state index >= 15 is 0 Å². The number of aryl methyl sites for hydroxylation is 1. The van der Waals surface area contributed by atoms with Gasteiger partial charge in [-0.1, -0.05) is 13.8 Å². The first kappa shape index (κ1) is 12.2. The SMILES string of the molecule is CCCNC(CC)C(C)n1ccc(C)n1. The Morgan fingerprint density at radius 2 is 2.20 bits per heavy atom. The summed E-state index contributed by atoms with van der Waals surface area (Å²) in [6, 6.07) is 3.00. The average molecular weight is 209 g/mol. The first-order valence-corrected chi connectivity index (χ1v) is 5.94. The molecule has 1 N–H and O–H groups in total. The third kappa shape index (κ3) is 3.34. The van der Waals surface area contributed by atoms with Crippen molar-refractivity contribution >= 4 is 0 Å². The molecular weight excluding hydrogens is 186 g/mol. The van der Waals surface area contributed by atoms with Crippen molar-refractivity contribution in [2.75, 3.05) is 6.54 Å². The highest BCUT2D eigenvalue weighted by Crippen LogP contribution is 2.13. The minimum Gasteiger partial charge on any atom is -0.312 e. The highest BCUT2D eigenvalue weighted by molar-refractivity contribution is 4.96. The molecule has 2 atom stereocenters. The molecule has 0 aliphatic rings. The molecule has 0 saturated heterocycles. The maximum Gasteiger partial charge on any atom is 0.0643 e. The second-order valence-corrected chi connectivity index (χ2v) is 4.15. The summed E-state index contributed by atoms with van der Waals surface area (Å²) < 4.78 is 2.06. The Morgan fingerprint density at radius 1 is 1.47 bits per heavy atom. The van der Waals surface area contributed by atoms with Gasteiger partial charge in [0.2, 0.25) is 0 Å². The molecule has 0 saturated carbocycles. The van der Waals surface area contributed by atoms with E-state index in [9.17, 15) is 0 Å². The Kier molecular flexibility index (Phi) is 4.82. The fraction of sp³-hybridized carbons (Fsp3) is 0.750. The van der Waals surface area contributed by atoms with Crippen molar-refractivity contribution in [2.45, 2.75) is 52.6 Å². The normalized spacial score (nSPS) is 15.2. The van der Waals surface area contributed by atoms with Gasteiger partial charge in [-0.2, -0.15) is 5.10 Å². The van der Waals surface area contributed by atoms with Gasteiger partial charge in [0.05, 0.1) is 11.7 Å². The van der Waals surface area contributed by atoms with Crippen LogP contribution in [0.3, 0.4) is 0 Å². The molecule has 15 heavy (non-hydrogen) atoms. The fourth-order valence-electron chi connectivity index (χ4n) is 1.83. The third-order valence-electron chi connectivity index (χ3n) is 2.84. The van der Waals surface area contributed by atoms with E-state index in [0.717, 1.165) is 18.7 Å². The van der Waals surface area contributed by atoms with E-state index in [-0.39, 0.29) is 0 Å². The predicted molar refractivity (Wildman–Crippen MR) is 64.0 cm³/mol. The molecule has 0 aliphatic heterocycles. The first-order chi connectivity index (χ1) is 7.19. The molecule has 1 aromatic heterocycles. The van der Waals surface area contributed by atoms with Crippen LogP contribution < -0.4 is 5.32 Å². The fourth-order valence-corrected chi connectivity index (χ4v) is 1.83. The summed E-state index contributed by atoms with van der Waals surface area (Å²) in [4.78, 5) is 0. The Labute approximate surface area is 92.9 Å². The first-order valence-electron chi connectivity index (χ1n) is 5.94. The van der Waals surface area contributed by atoms with Crippen LogP contribution in [0.25, 0.3) is 0 Å². The van der Waals surface area contributed by atoms with Crippen molar-refractivity contribution in [1.29, 1.82) is 0 Å². The summed E-state index contributed by atoms with van der Waals surface area (Å²) >= 11 is 0. The molecule has 0 aliphatic carbocycles. The van der Waals surface area contributed by atoms with Crippen LogP contribution >= 0.6 is 0 Å². The smallest absolute Gasteiger partial charge is 0.0643 e. The Morgan fingerprint density at radius 3 is 2.67 bits per heavy atom. The predicted octanol–water partition coefficient (Wildman–Crippen LogP) is 2.53. The zero-order chi connectivity index (χ0) is 11.3. The monoisotopic (exact) mass is 209 g/mol. The van der Waals surface area contributed by atoms with Crippen molar-refractivity contribution in [3.8, 4) is 0 Å². The van der Waals surface area contributed by atoms with Crippen LogP contribution in [0.2, 0.25) is 0 Å². The zero-order valence-electron chi connectivity index (χ0n) is 10.3. The molecule has 1 aromatic rings. The molecule has 1 rings (SSSR count). The van der Waals surface area contributed by atoms with Crippen LogP contribution in [0.4, 0.5) is 0 Å². The van der Waals surface area contributed by atoms with Gasteiger partial charge in [-0.05, 0) is 39.3 Å². The van der Waals surface area contributed by atoms with Gasteiger partial charge in [-0.25, -0.2) is 0 Å². The van der Waals surface area contributed by atoms with E-state index in [1.165, 1.54) is 6.42 Å². The van der Waals surface area contributed by atoms with Gasteiger partial charge in [-0.15, -0.1) is 0 Å². The second kappa shape index (κ2) is 5.91. The van der Waals surface area contributed by atoms with Crippen molar-refractivity contribution in [2.24, 2.45) is 0 Å². The minimum atomic E-state index is 0.426. The maximum atomic E-state index is 4.46. The molecule has 1 heterocycles. The molecule has 3 heteroatoms. The molecular formula is C12H23N3. The standard InChI is InChI=1S/C12H23N3/c1-5-8-13-12(6-2)11(4)15-9-7-10(3)14-15/h7,9,11-13H,5-6,8H2,1-4H3. The van der Waals surface area contributed by atoms with E-state index in [1.54, 1.807) is 0 Å². The molecule has 0 fully saturated rings. The summed E-state index contributed by atoms with van der Waals surface area (Å²) in [5, 5.41) is 8.03.